The van der Waals surface area contributed by atoms with Crippen molar-refractivity contribution in [2.24, 2.45) is 5.92 Å². The zero-order chi connectivity index (χ0) is 20.0. The van der Waals surface area contributed by atoms with Crippen molar-refractivity contribution in [2.75, 3.05) is 26.2 Å². The minimum atomic E-state index is -0.253. The molecule has 0 bridgehead atoms. The molecule has 1 aliphatic heterocycles. The van der Waals surface area contributed by atoms with E-state index in [-0.39, 0.29) is 23.9 Å². The van der Waals surface area contributed by atoms with E-state index in [0.717, 1.165) is 12.8 Å². The maximum atomic E-state index is 12.9. The van der Waals surface area contributed by atoms with Gasteiger partial charge in [0.25, 0.3) is 0 Å². The summed E-state index contributed by atoms with van der Waals surface area (Å²) in [6.07, 6.45) is 2.24. The van der Waals surface area contributed by atoms with Gasteiger partial charge in [-0.25, -0.2) is 0 Å². The molecule has 0 saturated carbocycles. The molecular formula is C22H35N3O2. The number of hydrogen-bond acceptors (Lipinski definition) is 3. The molecule has 0 aliphatic carbocycles. The number of piperazine rings is 1. The lowest BCUT2D eigenvalue weighted by Crippen LogP contribution is -2.54. The maximum absolute atomic E-state index is 12.9. The molecule has 1 aromatic carbocycles. The topological polar surface area (TPSA) is 52.7 Å². The number of carbonyl (C=O) groups is 2. The first-order valence-electron chi connectivity index (χ1n) is 10.2. The van der Waals surface area contributed by atoms with E-state index in [0.29, 0.717) is 32.1 Å². The second kappa shape index (κ2) is 9.88. The van der Waals surface area contributed by atoms with Gasteiger partial charge in [-0.2, -0.15) is 0 Å². The number of aryl methyl sites for hydroxylation is 1. The predicted octanol–water partition coefficient (Wildman–Crippen LogP) is 3.01. The molecule has 5 nitrogen and oxygen atoms in total. The minimum absolute atomic E-state index is 0.0830. The smallest absolute Gasteiger partial charge is 0.239 e. The molecule has 0 aromatic heterocycles. The monoisotopic (exact) mass is 373 g/mol. The molecule has 0 radical (unpaired) electrons. The van der Waals surface area contributed by atoms with Crippen molar-refractivity contribution in [1.82, 2.24) is 15.1 Å². The molecule has 0 spiro atoms. The average molecular weight is 374 g/mol. The summed E-state index contributed by atoms with van der Waals surface area (Å²) in [5, 5.41) is 3.54. The van der Waals surface area contributed by atoms with E-state index in [1.165, 1.54) is 11.1 Å². The Kier molecular flexibility index (Phi) is 7.84. The van der Waals surface area contributed by atoms with E-state index in [1.807, 2.05) is 11.8 Å². The Morgan fingerprint density at radius 3 is 2.04 bits per heavy atom. The molecule has 1 aliphatic rings. The van der Waals surface area contributed by atoms with Gasteiger partial charge in [-0.15, -0.1) is 0 Å². The van der Waals surface area contributed by atoms with Gasteiger partial charge in [-0.05, 0) is 30.4 Å². The van der Waals surface area contributed by atoms with Crippen molar-refractivity contribution in [1.29, 1.82) is 0 Å². The first-order valence-corrected chi connectivity index (χ1v) is 10.2. The van der Waals surface area contributed by atoms with E-state index in [9.17, 15) is 9.59 Å². The molecule has 2 amide bonds. The van der Waals surface area contributed by atoms with Crippen molar-refractivity contribution in [3.05, 3.63) is 35.4 Å². The Labute approximate surface area is 164 Å². The third kappa shape index (κ3) is 5.80. The average Bonchev–Trinajstić information content (AvgIpc) is 2.66. The predicted molar refractivity (Wildman–Crippen MR) is 109 cm³/mol. The lowest BCUT2D eigenvalue weighted by Gasteiger charge is -2.36. The van der Waals surface area contributed by atoms with Gasteiger partial charge in [0, 0.05) is 39.1 Å². The molecule has 2 rings (SSSR count). The molecule has 2 atom stereocenters. The van der Waals surface area contributed by atoms with Crippen LogP contribution in [0.15, 0.2) is 24.3 Å². The quantitative estimate of drug-likeness (QED) is 0.799. The zero-order valence-corrected chi connectivity index (χ0v) is 17.5. The molecule has 1 aromatic rings. The summed E-state index contributed by atoms with van der Waals surface area (Å²) in [5.74, 6) is 0.581. The molecule has 1 N–H and O–H groups in total. The fourth-order valence-corrected chi connectivity index (χ4v) is 3.71. The fourth-order valence-electron chi connectivity index (χ4n) is 3.71. The fraction of sp³-hybridized carbons (Fsp3) is 0.636. The van der Waals surface area contributed by atoms with Crippen molar-refractivity contribution < 1.29 is 9.59 Å². The van der Waals surface area contributed by atoms with Crippen LogP contribution in [0.2, 0.25) is 0 Å². The van der Waals surface area contributed by atoms with Crippen molar-refractivity contribution in [3.8, 4) is 0 Å². The van der Waals surface area contributed by atoms with Crippen LogP contribution in [-0.2, 0) is 16.0 Å². The number of amides is 2. The van der Waals surface area contributed by atoms with Crippen molar-refractivity contribution in [3.63, 3.8) is 0 Å². The number of nitrogens with one attached hydrogen (secondary N) is 1. The number of hydrogen-bond donors (Lipinski definition) is 1. The highest BCUT2D eigenvalue weighted by Crippen LogP contribution is 2.23. The van der Waals surface area contributed by atoms with Gasteiger partial charge in [0.2, 0.25) is 11.8 Å². The van der Waals surface area contributed by atoms with Crippen molar-refractivity contribution in [2.45, 2.75) is 59.5 Å². The van der Waals surface area contributed by atoms with Crippen LogP contribution in [0.3, 0.4) is 0 Å². The summed E-state index contributed by atoms with van der Waals surface area (Å²) in [5.41, 5.74) is 2.59. The third-order valence-corrected chi connectivity index (χ3v) is 5.38. The van der Waals surface area contributed by atoms with Crippen LogP contribution in [0, 0.1) is 5.92 Å². The summed E-state index contributed by atoms with van der Waals surface area (Å²) in [4.78, 5) is 28.0. The summed E-state index contributed by atoms with van der Waals surface area (Å²) in [7, 11) is 0. The number of nitrogens with zero attached hydrogens (tertiary/aromatic N) is 2. The molecular weight excluding hydrogens is 338 g/mol. The Morgan fingerprint density at radius 2 is 1.56 bits per heavy atom. The highest BCUT2D eigenvalue weighted by Gasteiger charge is 2.28. The molecule has 1 saturated heterocycles. The summed E-state index contributed by atoms with van der Waals surface area (Å²) < 4.78 is 0. The van der Waals surface area contributed by atoms with Crippen LogP contribution in [-0.4, -0.2) is 53.8 Å². The maximum Gasteiger partial charge on any atom is 0.239 e. The Morgan fingerprint density at radius 1 is 1.00 bits per heavy atom. The van der Waals surface area contributed by atoms with Crippen LogP contribution in [0.5, 0.6) is 0 Å². The molecule has 2 unspecified atom stereocenters. The van der Waals surface area contributed by atoms with Crippen LogP contribution in [0.25, 0.3) is 0 Å². The molecule has 27 heavy (non-hydrogen) atoms. The molecule has 1 heterocycles. The molecule has 150 valence electrons. The highest BCUT2D eigenvalue weighted by molar-refractivity contribution is 5.82. The summed E-state index contributed by atoms with van der Waals surface area (Å²) >= 11 is 0. The molecule has 1 fully saturated rings. The van der Waals surface area contributed by atoms with Gasteiger partial charge in [-0.3, -0.25) is 14.9 Å². The van der Waals surface area contributed by atoms with Gasteiger partial charge < -0.3 is 9.80 Å². The van der Waals surface area contributed by atoms with Crippen LogP contribution >= 0.6 is 0 Å². The van der Waals surface area contributed by atoms with Crippen LogP contribution in [0.1, 0.15) is 58.2 Å². The minimum Gasteiger partial charge on any atom is -0.339 e. The zero-order valence-electron chi connectivity index (χ0n) is 17.5. The molecule has 5 heteroatoms. The Bertz CT molecular complexity index is 619. The summed E-state index contributed by atoms with van der Waals surface area (Å²) in [6, 6.07) is 8.65. The second-order valence-electron chi connectivity index (χ2n) is 7.93. The van der Waals surface area contributed by atoms with Gasteiger partial charge in [0.1, 0.15) is 0 Å². The van der Waals surface area contributed by atoms with Crippen LogP contribution in [0.4, 0.5) is 0 Å². The second-order valence-corrected chi connectivity index (χ2v) is 7.93. The highest BCUT2D eigenvalue weighted by atomic mass is 16.2. The number of carbonyl (C=O) groups excluding carboxylic acids is 2. The largest absolute Gasteiger partial charge is 0.339 e. The SMILES string of the molecule is CCCc1ccc(C(NC(C)C(=O)N2CCN(C(C)=O)CC2)C(C)C)cc1. The lowest BCUT2D eigenvalue weighted by molar-refractivity contribution is -0.139. The number of rotatable bonds is 7. The normalized spacial score (nSPS) is 17.1. The van der Waals surface area contributed by atoms with E-state index < -0.39 is 0 Å². The Balaban J connectivity index is 1.99. The van der Waals surface area contributed by atoms with Gasteiger partial charge >= 0.3 is 0 Å². The number of benzene rings is 1. The first kappa shape index (κ1) is 21.4. The first-order chi connectivity index (χ1) is 12.8. The van der Waals surface area contributed by atoms with Crippen molar-refractivity contribution >= 4 is 11.8 Å². The van der Waals surface area contributed by atoms with Gasteiger partial charge in [0.15, 0.2) is 0 Å². The standard InChI is InChI=1S/C22H35N3O2/c1-6-7-19-8-10-20(11-9-19)21(16(2)3)23-17(4)22(27)25-14-12-24(13-15-25)18(5)26/h8-11,16-17,21,23H,6-7,12-15H2,1-5H3. The van der Waals surface area contributed by atoms with Gasteiger partial charge in [0.05, 0.1) is 6.04 Å². The Hall–Kier alpha value is -1.88. The summed E-state index contributed by atoms with van der Waals surface area (Å²) in [6.45, 7) is 12.6. The van der Waals surface area contributed by atoms with Crippen LogP contribution < -0.4 is 5.32 Å². The van der Waals surface area contributed by atoms with Gasteiger partial charge in [-0.1, -0.05) is 51.5 Å². The third-order valence-electron chi connectivity index (χ3n) is 5.38. The van der Waals surface area contributed by atoms with E-state index >= 15 is 0 Å². The lowest BCUT2D eigenvalue weighted by atomic mass is 9.94. The van der Waals surface area contributed by atoms with E-state index in [4.69, 9.17) is 0 Å². The van der Waals surface area contributed by atoms with E-state index in [2.05, 4.69) is 50.4 Å². The van der Waals surface area contributed by atoms with E-state index in [1.54, 1.807) is 11.8 Å².